The summed E-state index contributed by atoms with van der Waals surface area (Å²) in [5.74, 6) is 2.18. The van der Waals surface area contributed by atoms with Gasteiger partial charge in [-0.1, -0.05) is 5.16 Å². The van der Waals surface area contributed by atoms with Crippen molar-refractivity contribution in [1.29, 1.82) is 0 Å². The van der Waals surface area contributed by atoms with E-state index in [1.54, 1.807) is 0 Å². The van der Waals surface area contributed by atoms with Crippen LogP contribution in [-0.4, -0.2) is 31.1 Å². The van der Waals surface area contributed by atoms with Gasteiger partial charge in [-0.25, -0.2) is 4.98 Å². The first-order valence-corrected chi connectivity index (χ1v) is 7.29. The summed E-state index contributed by atoms with van der Waals surface area (Å²) in [7, 11) is 2.06. The normalized spacial score (nSPS) is 20.9. The molecule has 1 fully saturated rings. The number of rotatable bonds is 3. The molecule has 1 atom stereocenters. The molecule has 106 valence electrons. The molecule has 0 amide bonds. The molecule has 0 unspecified atom stereocenters. The molecule has 2 aliphatic rings. The van der Waals surface area contributed by atoms with Crippen molar-refractivity contribution in [1.82, 2.24) is 24.6 Å². The number of hydrogen-bond donors (Lipinski definition) is 0. The summed E-state index contributed by atoms with van der Waals surface area (Å²) in [5, 5.41) is 4.11. The summed E-state index contributed by atoms with van der Waals surface area (Å²) < 4.78 is 7.57. The third kappa shape index (κ3) is 1.95. The fourth-order valence-electron chi connectivity index (χ4n) is 2.89. The Balaban J connectivity index is 1.52. The van der Waals surface area contributed by atoms with Crippen molar-refractivity contribution in [2.45, 2.75) is 44.7 Å². The standard InChI is InChI=1S/C14H19N5O/c1-9(14-16-13(17-20-14)10-3-4-10)19-6-5-12-11(7-19)15-8-18(12)2/h8-10H,3-7H2,1-2H3/t9-/m1/s1. The summed E-state index contributed by atoms with van der Waals surface area (Å²) in [6, 6.07) is 0.158. The Hall–Kier alpha value is -1.69. The number of imidazole rings is 1. The van der Waals surface area contributed by atoms with Crippen molar-refractivity contribution in [3.63, 3.8) is 0 Å². The Kier molecular flexibility index (Phi) is 2.66. The van der Waals surface area contributed by atoms with Crippen LogP contribution in [0.5, 0.6) is 0 Å². The van der Waals surface area contributed by atoms with Gasteiger partial charge in [-0.15, -0.1) is 0 Å². The van der Waals surface area contributed by atoms with Gasteiger partial charge in [-0.05, 0) is 19.8 Å². The second kappa shape index (κ2) is 4.41. The highest BCUT2D eigenvalue weighted by atomic mass is 16.5. The van der Waals surface area contributed by atoms with E-state index in [0.717, 1.165) is 31.2 Å². The van der Waals surface area contributed by atoms with E-state index in [2.05, 4.69) is 38.6 Å². The van der Waals surface area contributed by atoms with E-state index in [1.165, 1.54) is 24.2 Å². The second-order valence-corrected chi connectivity index (χ2v) is 5.91. The van der Waals surface area contributed by atoms with E-state index in [9.17, 15) is 0 Å². The molecule has 0 spiro atoms. The van der Waals surface area contributed by atoms with Crippen LogP contribution in [0.1, 0.15) is 54.8 Å². The lowest BCUT2D eigenvalue weighted by Crippen LogP contribution is -2.33. The summed E-state index contributed by atoms with van der Waals surface area (Å²) >= 11 is 0. The van der Waals surface area contributed by atoms with Crippen molar-refractivity contribution in [3.8, 4) is 0 Å². The lowest BCUT2D eigenvalue weighted by molar-refractivity contribution is 0.155. The maximum atomic E-state index is 5.45. The average Bonchev–Trinajstić information content (AvgIpc) is 3.09. The second-order valence-electron chi connectivity index (χ2n) is 5.91. The molecule has 1 aliphatic carbocycles. The number of fused-ring (bicyclic) bond motifs is 1. The molecule has 20 heavy (non-hydrogen) atoms. The third-order valence-electron chi connectivity index (χ3n) is 4.44. The first-order valence-electron chi connectivity index (χ1n) is 7.29. The molecule has 1 aliphatic heterocycles. The van der Waals surface area contributed by atoms with Gasteiger partial charge in [0.15, 0.2) is 5.82 Å². The number of aryl methyl sites for hydroxylation is 1. The highest BCUT2D eigenvalue weighted by Crippen LogP contribution is 2.38. The van der Waals surface area contributed by atoms with Gasteiger partial charge in [-0.2, -0.15) is 4.98 Å². The van der Waals surface area contributed by atoms with Crippen LogP contribution in [0.4, 0.5) is 0 Å². The van der Waals surface area contributed by atoms with Crippen LogP contribution in [-0.2, 0) is 20.0 Å². The van der Waals surface area contributed by atoms with E-state index in [-0.39, 0.29) is 6.04 Å². The maximum Gasteiger partial charge on any atom is 0.243 e. The van der Waals surface area contributed by atoms with Crippen LogP contribution in [0.15, 0.2) is 10.9 Å². The molecule has 0 saturated heterocycles. The van der Waals surface area contributed by atoms with E-state index < -0.39 is 0 Å². The zero-order valence-electron chi connectivity index (χ0n) is 11.9. The topological polar surface area (TPSA) is 60.0 Å². The highest BCUT2D eigenvalue weighted by Gasteiger charge is 2.32. The minimum atomic E-state index is 0.158. The van der Waals surface area contributed by atoms with Crippen molar-refractivity contribution < 1.29 is 4.52 Å². The Morgan fingerprint density at radius 1 is 1.40 bits per heavy atom. The summed E-state index contributed by atoms with van der Waals surface area (Å²) in [4.78, 5) is 11.4. The lowest BCUT2D eigenvalue weighted by atomic mass is 10.1. The molecular formula is C14H19N5O. The molecule has 6 nitrogen and oxygen atoms in total. The largest absolute Gasteiger partial charge is 0.338 e. The van der Waals surface area contributed by atoms with Crippen molar-refractivity contribution in [2.24, 2.45) is 7.05 Å². The van der Waals surface area contributed by atoms with E-state index in [1.807, 2.05) is 6.33 Å². The van der Waals surface area contributed by atoms with Crippen LogP contribution in [0, 0.1) is 0 Å². The number of hydrogen-bond acceptors (Lipinski definition) is 5. The Morgan fingerprint density at radius 3 is 3.05 bits per heavy atom. The van der Waals surface area contributed by atoms with Crippen LogP contribution in [0.2, 0.25) is 0 Å². The van der Waals surface area contributed by atoms with Crippen molar-refractivity contribution in [2.75, 3.05) is 6.54 Å². The Bertz CT molecular complexity index is 627. The van der Waals surface area contributed by atoms with Crippen molar-refractivity contribution in [3.05, 3.63) is 29.4 Å². The minimum Gasteiger partial charge on any atom is -0.338 e. The number of nitrogens with zero attached hydrogens (tertiary/aromatic N) is 5. The first kappa shape index (κ1) is 12.1. The smallest absolute Gasteiger partial charge is 0.243 e. The molecule has 1 saturated carbocycles. The molecule has 0 bridgehead atoms. The van der Waals surface area contributed by atoms with Crippen LogP contribution in [0.25, 0.3) is 0 Å². The molecule has 6 heteroatoms. The Labute approximate surface area is 117 Å². The summed E-state index contributed by atoms with van der Waals surface area (Å²) in [6.07, 6.45) is 5.33. The Morgan fingerprint density at radius 2 is 2.25 bits per heavy atom. The number of aromatic nitrogens is 4. The van der Waals surface area contributed by atoms with Gasteiger partial charge >= 0.3 is 0 Å². The predicted octanol–water partition coefficient (Wildman–Crippen LogP) is 1.80. The molecule has 0 aromatic carbocycles. The van der Waals surface area contributed by atoms with Crippen LogP contribution < -0.4 is 0 Å². The quantitative estimate of drug-likeness (QED) is 0.853. The minimum absolute atomic E-state index is 0.158. The SMILES string of the molecule is C[C@H](c1nc(C2CC2)no1)N1CCc2c(ncn2C)C1. The van der Waals surface area contributed by atoms with E-state index in [4.69, 9.17) is 4.52 Å². The van der Waals surface area contributed by atoms with E-state index >= 15 is 0 Å². The highest BCUT2D eigenvalue weighted by molar-refractivity contribution is 5.17. The van der Waals surface area contributed by atoms with E-state index in [0.29, 0.717) is 5.92 Å². The van der Waals surface area contributed by atoms with Crippen LogP contribution in [0.3, 0.4) is 0 Å². The average molecular weight is 273 g/mol. The van der Waals surface area contributed by atoms with Gasteiger partial charge in [0.2, 0.25) is 5.89 Å². The van der Waals surface area contributed by atoms with Gasteiger partial charge < -0.3 is 9.09 Å². The zero-order valence-corrected chi connectivity index (χ0v) is 11.9. The monoisotopic (exact) mass is 273 g/mol. The summed E-state index contributed by atoms with van der Waals surface area (Å²) in [5.41, 5.74) is 2.52. The van der Waals surface area contributed by atoms with Gasteiger partial charge in [0.05, 0.1) is 18.1 Å². The van der Waals surface area contributed by atoms with Crippen molar-refractivity contribution >= 4 is 0 Å². The van der Waals surface area contributed by atoms with Crippen LogP contribution >= 0.6 is 0 Å². The van der Waals surface area contributed by atoms with Gasteiger partial charge in [0, 0.05) is 38.2 Å². The fraction of sp³-hybridized carbons (Fsp3) is 0.643. The van der Waals surface area contributed by atoms with Gasteiger partial charge in [0.25, 0.3) is 0 Å². The maximum absolute atomic E-state index is 5.45. The molecular weight excluding hydrogens is 254 g/mol. The molecule has 4 rings (SSSR count). The third-order valence-corrected chi connectivity index (χ3v) is 4.44. The lowest BCUT2D eigenvalue weighted by Gasteiger charge is -2.30. The fourth-order valence-corrected chi connectivity index (χ4v) is 2.89. The van der Waals surface area contributed by atoms with Gasteiger partial charge in [-0.3, -0.25) is 4.90 Å². The zero-order chi connectivity index (χ0) is 13.7. The summed E-state index contributed by atoms with van der Waals surface area (Å²) in [6.45, 7) is 4.01. The molecule has 2 aromatic rings. The first-order chi connectivity index (χ1) is 9.72. The predicted molar refractivity (Wildman–Crippen MR) is 72.0 cm³/mol. The van der Waals surface area contributed by atoms with Gasteiger partial charge in [0.1, 0.15) is 0 Å². The molecule has 0 N–H and O–H groups in total. The molecule has 2 aromatic heterocycles. The molecule has 0 radical (unpaired) electrons. The molecule has 3 heterocycles.